The lowest BCUT2D eigenvalue weighted by atomic mass is 10.1. The third-order valence-electron chi connectivity index (χ3n) is 5.36. The van der Waals surface area contributed by atoms with Gasteiger partial charge in [0.1, 0.15) is 0 Å². The lowest BCUT2D eigenvalue weighted by molar-refractivity contribution is -0.117. The Balaban J connectivity index is 1.31. The lowest BCUT2D eigenvalue weighted by Gasteiger charge is -2.15. The highest BCUT2D eigenvalue weighted by atomic mass is 16.5. The predicted molar refractivity (Wildman–Crippen MR) is 93.8 cm³/mol. The normalized spacial score (nSPS) is 25.0. The zero-order valence-corrected chi connectivity index (χ0v) is 14.4. The van der Waals surface area contributed by atoms with Gasteiger partial charge in [0.05, 0.1) is 6.33 Å². The number of aromatic nitrogens is 4. The van der Waals surface area contributed by atoms with Crippen LogP contribution in [0, 0.1) is 0 Å². The number of hydrogen-bond donors (Lipinski definition) is 0. The maximum Gasteiger partial charge on any atom is 0.230 e. The number of carbonyl (C=O) groups excluding carboxylic acids is 1. The number of rotatable bonds is 4. The van der Waals surface area contributed by atoms with Crippen LogP contribution in [0.25, 0.3) is 0 Å². The van der Waals surface area contributed by atoms with Crippen LogP contribution in [0.5, 0.6) is 0 Å². The van der Waals surface area contributed by atoms with Crippen molar-refractivity contribution in [3.63, 3.8) is 0 Å². The van der Waals surface area contributed by atoms with Gasteiger partial charge in [-0.3, -0.25) is 4.79 Å². The van der Waals surface area contributed by atoms with E-state index in [0.29, 0.717) is 30.6 Å². The molecule has 2 fully saturated rings. The molecule has 26 heavy (non-hydrogen) atoms. The van der Waals surface area contributed by atoms with Crippen molar-refractivity contribution in [1.82, 2.24) is 19.7 Å². The van der Waals surface area contributed by atoms with Gasteiger partial charge in [-0.05, 0) is 18.6 Å². The fourth-order valence-corrected chi connectivity index (χ4v) is 3.82. The summed E-state index contributed by atoms with van der Waals surface area (Å²) in [7, 11) is 2.00. The van der Waals surface area contributed by atoms with E-state index in [1.807, 2.05) is 54.5 Å². The van der Waals surface area contributed by atoms with E-state index in [9.17, 15) is 4.79 Å². The van der Waals surface area contributed by atoms with Crippen LogP contribution in [-0.4, -0.2) is 32.1 Å². The maximum absolute atomic E-state index is 12.4. The number of imidazole rings is 1. The van der Waals surface area contributed by atoms with E-state index in [1.165, 1.54) is 5.69 Å². The molecule has 0 bridgehead atoms. The standard InChI is InChI=1S/C19H19N5O2/c1-23-11-20-9-16(23)14-8-15(14)19-21-18(22-26-19)12-7-17(25)24(10-12)13-5-3-2-4-6-13/h2-6,9,11-12,14-15H,7-8,10H2,1H3/t12?,14-,15-/m1/s1. The van der Waals surface area contributed by atoms with Crippen LogP contribution in [0.15, 0.2) is 47.4 Å². The smallest absolute Gasteiger partial charge is 0.230 e. The van der Waals surface area contributed by atoms with E-state index >= 15 is 0 Å². The van der Waals surface area contributed by atoms with E-state index in [2.05, 4.69) is 15.1 Å². The Morgan fingerprint density at radius 1 is 1.19 bits per heavy atom. The molecule has 1 aliphatic carbocycles. The van der Waals surface area contributed by atoms with Gasteiger partial charge in [0.2, 0.25) is 11.8 Å². The molecule has 1 unspecified atom stereocenters. The van der Waals surface area contributed by atoms with Crippen LogP contribution in [0.3, 0.4) is 0 Å². The minimum Gasteiger partial charge on any atom is -0.339 e. The Morgan fingerprint density at radius 3 is 2.81 bits per heavy atom. The van der Waals surface area contributed by atoms with Crippen molar-refractivity contribution >= 4 is 11.6 Å². The summed E-state index contributed by atoms with van der Waals surface area (Å²) in [5.41, 5.74) is 2.11. The topological polar surface area (TPSA) is 77.1 Å². The van der Waals surface area contributed by atoms with Gasteiger partial charge in [-0.15, -0.1) is 0 Å². The first-order valence-electron chi connectivity index (χ1n) is 8.86. The zero-order valence-electron chi connectivity index (χ0n) is 14.4. The number of nitrogens with zero attached hydrogens (tertiary/aromatic N) is 5. The van der Waals surface area contributed by atoms with Gasteiger partial charge in [0.15, 0.2) is 5.82 Å². The van der Waals surface area contributed by atoms with Gasteiger partial charge in [-0.25, -0.2) is 4.98 Å². The summed E-state index contributed by atoms with van der Waals surface area (Å²) < 4.78 is 7.56. The first-order valence-corrected chi connectivity index (χ1v) is 8.86. The van der Waals surface area contributed by atoms with Gasteiger partial charge in [0.25, 0.3) is 0 Å². The van der Waals surface area contributed by atoms with Crippen LogP contribution in [0.1, 0.15) is 48.0 Å². The molecule has 7 nitrogen and oxygen atoms in total. The fraction of sp³-hybridized carbons (Fsp3) is 0.368. The van der Waals surface area contributed by atoms with Crippen molar-refractivity contribution < 1.29 is 9.32 Å². The molecule has 3 aromatic rings. The zero-order chi connectivity index (χ0) is 17.7. The second kappa shape index (κ2) is 5.79. The molecule has 2 aliphatic rings. The van der Waals surface area contributed by atoms with E-state index in [-0.39, 0.29) is 17.7 Å². The Kier molecular flexibility index (Phi) is 3.41. The van der Waals surface area contributed by atoms with Gasteiger partial charge in [-0.2, -0.15) is 4.98 Å². The van der Waals surface area contributed by atoms with Gasteiger partial charge < -0.3 is 14.0 Å². The Labute approximate surface area is 150 Å². The van der Waals surface area contributed by atoms with Crippen LogP contribution in [-0.2, 0) is 11.8 Å². The maximum atomic E-state index is 12.4. The second-order valence-electron chi connectivity index (χ2n) is 7.11. The Morgan fingerprint density at radius 2 is 2.04 bits per heavy atom. The molecular weight excluding hydrogens is 330 g/mol. The summed E-state index contributed by atoms with van der Waals surface area (Å²) in [6.45, 7) is 0.595. The van der Waals surface area contributed by atoms with Crippen LogP contribution >= 0.6 is 0 Å². The molecule has 132 valence electrons. The van der Waals surface area contributed by atoms with Crippen molar-refractivity contribution in [2.75, 3.05) is 11.4 Å². The molecule has 1 amide bonds. The first kappa shape index (κ1) is 15.3. The highest BCUT2D eigenvalue weighted by molar-refractivity contribution is 5.96. The molecule has 1 saturated carbocycles. The summed E-state index contributed by atoms with van der Waals surface area (Å²) in [6, 6.07) is 9.72. The quantitative estimate of drug-likeness (QED) is 0.723. The van der Waals surface area contributed by atoms with Crippen molar-refractivity contribution in [3.8, 4) is 0 Å². The summed E-state index contributed by atoms with van der Waals surface area (Å²) >= 11 is 0. The molecule has 5 rings (SSSR count). The SMILES string of the molecule is Cn1cncc1[C@@H]1C[C@H]1c1nc(C2CC(=O)N(c3ccccc3)C2)no1. The number of aryl methyl sites for hydroxylation is 1. The van der Waals surface area contributed by atoms with Gasteiger partial charge in [-0.1, -0.05) is 23.4 Å². The molecule has 0 spiro atoms. The molecule has 7 heteroatoms. The summed E-state index contributed by atoms with van der Waals surface area (Å²) in [4.78, 5) is 23.0. The molecule has 1 aromatic carbocycles. The highest BCUT2D eigenvalue weighted by Crippen LogP contribution is 2.54. The third-order valence-corrected chi connectivity index (χ3v) is 5.36. The molecule has 3 heterocycles. The van der Waals surface area contributed by atoms with Gasteiger partial charge in [0, 0.05) is 55.3 Å². The Hall–Kier alpha value is -2.96. The molecule has 2 aromatic heterocycles. The average Bonchev–Trinajstić information content (AvgIpc) is 3.02. The minimum absolute atomic E-state index is 0.0193. The largest absolute Gasteiger partial charge is 0.339 e. The number of benzene rings is 1. The summed E-state index contributed by atoms with van der Waals surface area (Å²) in [5, 5.41) is 4.17. The Bertz CT molecular complexity index is 948. The number of hydrogen-bond acceptors (Lipinski definition) is 5. The monoisotopic (exact) mass is 349 g/mol. The van der Waals surface area contributed by atoms with Gasteiger partial charge >= 0.3 is 0 Å². The minimum atomic E-state index is -0.0193. The molecule has 0 N–H and O–H groups in total. The van der Waals surface area contributed by atoms with Crippen molar-refractivity contribution in [2.45, 2.75) is 30.6 Å². The fourth-order valence-electron chi connectivity index (χ4n) is 3.82. The summed E-state index contributed by atoms with van der Waals surface area (Å²) in [5.74, 6) is 2.05. The van der Waals surface area contributed by atoms with E-state index in [4.69, 9.17) is 4.52 Å². The lowest BCUT2D eigenvalue weighted by Crippen LogP contribution is -2.24. The number of carbonyl (C=O) groups is 1. The molecule has 0 radical (unpaired) electrons. The molecule has 3 atom stereocenters. The summed E-state index contributed by atoms with van der Waals surface area (Å²) in [6.07, 6.45) is 5.13. The first-order chi connectivity index (χ1) is 12.7. The molecular formula is C19H19N5O2. The highest BCUT2D eigenvalue weighted by Gasteiger charge is 2.46. The average molecular weight is 349 g/mol. The number of para-hydroxylation sites is 1. The number of anilines is 1. The molecule has 1 saturated heterocycles. The predicted octanol–water partition coefficient (Wildman–Crippen LogP) is 2.59. The van der Waals surface area contributed by atoms with Crippen molar-refractivity contribution in [3.05, 3.63) is 60.3 Å². The van der Waals surface area contributed by atoms with Crippen molar-refractivity contribution in [1.29, 1.82) is 0 Å². The molecule has 1 aliphatic heterocycles. The van der Waals surface area contributed by atoms with Crippen molar-refractivity contribution in [2.24, 2.45) is 7.05 Å². The van der Waals surface area contributed by atoms with E-state index in [1.54, 1.807) is 4.90 Å². The number of amides is 1. The van der Waals surface area contributed by atoms with Crippen LogP contribution in [0.2, 0.25) is 0 Å². The van der Waals surface area contributed by atoms with Crippen LogP contribution < -0.4 is 4.90 Å². The second-order valence-corrected chi connectivity index (χ2v) is 7.11. The van der Waals surface area contributed by atoms with E-state index in [0.717, 1.165) is 12.1 Å². The third kappa shape index (κ3) is 2.51. The van der Waals surface area contributed by atoms with Crippen LogP contribution in [0.4, 0.5) is 5.69 Å². The van der Waals surface area contributed by atoms with E-state index < -0.39 is 0 Å².